The van der Waals surface area contributed by atoms with E-state index in [0.717, 1.165) is 5.94 Å². The van der Waals surface area contributed by atoms with Crippen LogP contribution in [0.2, 0.25) is 0 Å². The third-order valence-corrected chi connectivity index (χ3v) is 3.91. The first kappa shape index (κ1) is 7.90. The molecule has 0 spiro atoms. The summed E-state index contributed by atoms with van der Waals surface area (Å²) in [7, 11) is 3.18. The van der Waals surface area contributed by atoms with Crippen molar-refractivity contribution in [2.45, 2.75) is 4.90 Å². The van der Waals surface area contributed by atoms with E-state index in [4.69, 9.17) is 4.74 Å². The van der Waals surface area contributed by atoms with Crippen LogP contribution in [0.15, 0.2) is 34.6 Å². The van der Waals surface area contributed by atoms with Gasteiger partial charge in [0.05, 0.1) is 13.0 Å². The standard InChI is InChI=1S/C10H11OS/c1-11-8-12-7-6-9-4-2-3-5-10(9)12/h2-7,12H,1,8H2. The molecule has 0 saturated heterocycles. The summed E-state index contributed by atoms with van der Waals surface area (Å²) >= 11 is 0. The van der Waals surface area contributed by atoms with Crippen molar-refractivity contribution >= 4 is 17.0 Å². The van der Waals surface area contributed by atoms with Gasteiger partial charge in [0.15, 0.2) is 0 Å². The molecular formula is C10H11OS. The molecule has 2 rings (SSSR count). The summed E-state index contributed by atoms with van der Waals surface area (Å²) in [6.07, 6.45) is 2.17. The zero-order chi connectivity index (χ0) is 8.39. The first-order valence-electron chi connectivity index (χ1n) is 3.82. The van der Waals surface area contributed by atoms with E-state index in [-0.39, 0.29) is 10.9 Å². The number of fused-ring (bicyclic) bond motifs is 1. The SMILES string of the molecule is [CH2]OC[SH]1C=Cc2ccccc21. The van der Waals surface area contributed by atoms with E-state index >= 15 is 0 Å². The lowest BCUT2D eigenvalue weighted by molar-refractivity contribution is 0.308. The van der Waals surface area contributed by atoms with E-state index < -0.39 is 0 Å². The van der Waals surface area contributed by atoms with Crippen LogP contribution in [0.1, 0.15) is 5.56 Å². The Kier molecular flexibility index (Phi) is 2.19. The molecule has 0 bridgehead atoms. The van der Waals surface area contributed by atoms with Crippen LogP contribution in [0.4, 0.5) is 0 Å². The molecule has 0 aliphatic carbocycles. The van der Waals surface area contributed by atoms with E-state index in [0.29, 0.717) is 0 Å². The Bertz CT molecular complexity index is 306. The fraction of sp³-hybridized carbons (Fsp3) is 0.100. The van der Waals surface area contributed by atoms with Crippen molar-refractivity contribution in [1.82, 2.24) is 0 Å². The van der Waals surface area contributed by atoms with Crippen LogP contribution >= 0.6 is 10.9 Å². The highest BCUT2D eigenvalue weighted by Crippen LogP contribution is 2.45. The summed E-state index contributed by atoms with van der Waals surface area (Å²) in [4.78, 5) is 1.41. The molecule has 1 aliphatic rings. The van der Waals surface area contributed by atoms with E-state index in [1.807, 2.05) is 0 Å². The highest BCUT2D eigenvalue weighted by Gasteiger charge is 2.11. The van der Waals surface area contributed by atoms with Gasteiger partial charge in [-0.2, -0.15) is 10.9 Å². The van der Waals surface area contributed by atoms with E-state index in [1.165, 1.54) is 10.5 Å². The fourth-order valence-corrected chi connectivity index (χ4v) is 3.03. The van der Waals surface area contributed by atoms with Gasteiger partial charge in [0.1, 0.15) is 0 Å². The third kappa shape index (κ3) is 1.28. The largest absolute Gasteiger partial charge is 0.370 e. The number of hydrogen-bond donors (Lipinski definition) is 1. The summed E-state index contributed by atoms with van der Waals surface area (Å²) in [5.74, 6) is 0.739. The van der Waals surface area contributed by atoms with Gasteiger partial charge in [-0.05, 0) is 23.1 Å². The Labute approximate surface area is 75.4 Å². The molecule has 0 amide bonds. The summed E-state index contributed by atoms with van der Waals surface area (Å²) in [6, 6.07) is 8.44. The van der Waals surface area contributed by atoms with Crippen molar-refractivity contribution in [1.29, 1.82) is 0 Å². The highest BCUT2D eigenvalue weighted by molar-refractivity contribution is 8.19. The van der Waals surface area contributed by atoms with Gasteiger partial charge >= 0.3 is 0 Å². The zero-order valence-corrected chi connectivity index (χ0v) is 7.63. The number of hydrogen-bond acceptors (Lipinski definition) is 1. The lowest BCUT2D eigenvalue weighted by Gasteiger charge is -2.12. The maximum Gasteiger partial charge on any atom is 0.0816 e. The van der Waals surface area contributed by atoms with Gasteiger partial charge in [-0.15, -0.1) is 0 Å². The summed E-state index contributed by atoms with van der Waals surface area (Å²) in [5.41, 5.74) is 1.33. The average Bonchev–Trinajstić information content (AvgIpc) is 2.50. The lowest BCUT2D eigenvalue weighted by atomic mass is 10.2. The summed E-state index contributed by atoms with van der Waals surface area (Å²) < 4.78 is 4.91. The minimum Gasteiger partial charge on any atom is -0.370 e. The van der Waals surface area contributed by atoms with Crippen LogP contribution in [0.5, 0.6) is 0 Å². The molecule has 1 nitrogen and oxygen atoms in total. The van der Waals surface area contributed by atoms with Crippen LogP contribution in [-0.4, -0.2) is 5.94 Å². The maximum atomic E-state index is 4.91. The van der Waals surface area contributed by atoms with Gasteiger partial charge in [0.2, 0.25) is 0 Å². The van der Waals surface area contributed by atoms with Gasteiger partial charge in [0, 0.05) is 4.90 Å². The molecule has 1 unspecified atom stereocenters. The summed E-state index contributed by atoms with van der Waals surface area (Å²) in [5, 5.41) is 2.23. The predicted octanol–water partition coefficient (Wildman–Crippen LogP) is 2.80. The predicted molar refractivity (Wildman–Crippen MR) is 54.0 cm³/mol. The second-order valence-electron chi connectivity index (χ2n) is 2.68. The molecular weight excluding hydrogens is 168 g/mol. The topological polar surface area (TPSA) is 9.23 Å². The molecule has 63 valence electrons. The van der Waals surface area contributed by atoms with Gasteiger partial charge in [-0.1, -0.05) is 18.2 Å². The Hall–Kier alpha value is -0.730. The second-order valence-corrected chi connectivity index (χ2v) is 4.66. The summed E-state index contributed by atoms with van der Waals surface area (Å²) in [6.45, 7) is 0. The van der Waals surface area contributed by atoms with Crippen LogP contribution in [0, 0.1) is 7.11 Å². The maximum absolute atomic E-state index is 4.91. The first-order chi connectivity index (χ1) is 5.92. The van der Waals surface area contributed by atoms with Gasteiger partial charge < -0.3 is 4.74 Å². The Morgan fingerprint density at radius 2 is 2.17 bits per heavy atom. The van der Waals surface area contributed by atoms with Gasteiger partial charge in [0.25, 0.3) is 0 Å². The number of benzene rings is 1. The molecule has 0 fully saturated rings. The first-order valence-corrected chi connectivity index (χ1v) is 5.42. The number of thiol groups is 1. The smallest absolute Gasteiger partial charge is 0.0816 e. The third-order valence-electron chi connectivity index (χ3n) is 1.91. The van der Waals surface area contributed by atoms with E-state index in [1.54, 1.807) is 0 Å². The Balaban J connectivity index is 2.30. The molecule has 1 aliphatic heterocycles. The monoisotopic (exact) mass is 179 g/mol. The Morgan fingerprint density at radius 3 is 3.00 bits per heavy atom. The Morgan fingerprint density at radius 1 is 1.33 bits per heavy atom. The van der Waals surface area contributed by atoms with Crippen LogP contribution in [0.3, 0.4) is 0 Å². The second kappa shape index (κ2) is 3.33. The van der Waals surface area contributed by atoms with E-state index in [9.17, 15) is 0 Å². The quantitative estimate of drug-likeness (QED) is 0.687. The minimum atomic E-state index is -0.226. The van der Waals surface area contributed by atoms with Crippen LogP contribution in [-0.2, 0) is 4.74 Å². The molecule has 0 saturated carbocycles. The molecule has 1 heterocycles. The van der Waals surface area contributed by atoms with Crippen LogP contribution < -0.4 is 0 Å². The lowest BCUT2D eigenvalue weighted by Crippen LogP contribution is -1.86. The number of rotatable bonds is 2. The molecule has 2 heteroatoms. The molecule has 0 N–H and O–H groups in total. The van der Waals surface area contributed by atoms with Crippen molar-refractivity contribution in [3.8, 4) is 0 Å². The minimum absolute atomic E-state index is 0.226. The van der Waals surface area contributed by atoms with Crippen molar-refractivity contribution in [2.75, 3.05) is 5.94 Å². The normalized spacial score (nSPS) is 22.6. The van der Waals surface area contributed by atoms with Crippen molar-refractivity contribution in [3.63, 3.8) is 0 Å². The molecule has 1 aromatic rings. The van der Waals surface area contributed by atoms with Gasteiger partial charge in [-0.3, -0.25) is 0 Å². The molecule has 12 heavy (non-hydrogen) atoms. The molecule has 1 atom stereocenters. The van der Waals surface area contributed by atoms with Crippen molar-refractivity contribution in [2.24, 2.45) is 0 Å². The van der Waals surface area contributed by atoms with Gasteiger partial charge in [-0.25, -0.2) is 0 Å². The molecule has 1 radical (unpaired) electrons. The highest BCUT2D eigenvalue weighted by atomic mass is 32.2. The zero-order valence-electron chi connectivity index (χ0n) is 6.73. The molecule has 0 aromatic heterocycles. The average molecular weight is 179 g/mol. The van der Waals surface area contributed by atoms with E-state index in [2.05, 4.69) is 42.9 Å². The fourth-order valence-electron chi connectivity index (χ4n) is 1.35. The number of ether oxygens (including phenoxy) is 1. The van der Waals surface area contributed by atoms with Crippen molar-refractivity contribution in [3.05, 3.63) is 42.3 Å². The van der Waals surface area contributed by atoms with Crippen molar-refractivity contribution < 1.29 is 4.74 Å². The molecule has 1 aromatic carbocycles. The van der Waals surface area contributed by atoms with Crippen LogP contribution in [0.25, 0.3) is 6.08 Å².